The molecule has 7 rings (SSSR count). The zero-order valence-electron chi connectivity index (χ0n) is 32.6. The van der Waals surface area contributed by atoms with E-state index in [0.29, 0.717) is 6.92 Å². The van der Waals surface area contributed by atoms with Crippen molar-refractivity contribution in [3.05, 3.63) is 182 Å². The van der Waals surface area contributed by atoms with Gasteiger partial charge in [-0.05, 0) is 61.3 Å². The molecule has 7 aromatic rings. The van der Waals surface area contributed by atoms with Gasteiger partial charge in [0.15, 0.2) is 93.1 Å². The maximum Gasteiger partial charge on any atom is 0.200 e. The molecule has 66 heavy (non-hydrogen) atoms. The first-order valence-corrected chi connectivity index (χ1v) is 19.4. The molecule has 0 amide bonds. The lowest BCUT2D eigenvalue weighted by molar-refractivity contribution is 0.379. The summed E-state index contributed by atoms with van der Waals surface area (Å²) in [6, 6.07) is 10.0. The predicted octanol–water partition coefficient (Wildman–Crippen LogP) is 13.8. The van der Waals surface area contributed by atoms with Crippen LogP contribution in [0, 0.1) is 137 Å². The molecule has 0 nitrogen and oxygen atoms in total. The second-order valence-corrected chi connectivity index (χ2v) is 16.2. The van der Waals surface area contributed by atoms with E-state index < -0.39 is 180 Å². The Morgan fingerprint density at radius 3 is 0.727 bits per heavy atom. The van der Waals surface area contributed by atoms with Crippen molar-refractivity contribution in [1.29, 1.82) is 0 Å². The van der Waals surface area contributed by atoms with E-state index in [2.05, 4.69) is 0 Å². The van der Waals surface area contributed by atoms with Gasteiger partial charge in [-0.25, -0.2) is 87.8 Å². The largest absolute Gasteiger partial charge is 0.203 e. The molecular formula is C45H17F20P. The minimum Gasteiger partial charge on any atom is -0.203 e. The number of rotatable bonds is 7. The van der Waals surface area contributed by atoms with E-state index >= 15 is 70.2 Å². The van der Waals surface area contributed by atoms with Crippen LogP contribution in [-0.4, -0.2) is 0 Å². The van der Waals surface area contributed by atoms with Gasteiger partial charge < -0.3 is 0 Å². The molecule has 0 unspecified atom stereocenters. The van der Waals surface area contributed by atoms with E-state index in [0.717, 1.165) is 12.1 Å². The molecule has 0 N–H and O–H groups in total. The van der Waals surface area contributed by atoms with Crippen molar-refractivity contribution in [2.75, 3.05) is 0 Å². The van der Waals surface area contributed by atoms with E-state index in [9.17, 15) is 17.6 Å². The van der Waals surface area contributed by atoms with Crippen LogP contribution in [-0.2, 0) is 0 Å². The molecule has 21 heteroatoms. The van der Waals surface area contributed by atoms with Crippen molar-refractivity contribution >= 4 is 23.8 Å². The minimum atomic E-state index is -3.19. The van der Waals surface area contributed by atoms with Crippen LogP contribution in [0.4, 0.5) is 87.8 Å². The zero-order valence-corrected chi connectivity index (χ0v) is 33.5. The Morgan fingerprint density at radius 1 is 0.242 bits per heavy atom. The molecule has 0 aliphatic carbocycles. The van der Waals surface area contributed by atoms with Crippen LogP contribution in [0.2, 0.25) is 0 Å². The van der Waals surface area contributed by atoms with E-state index in [1.54, 1.807) is 0 Å². The summed E-state index contributed by atoms with van der Waals surface area (Å²) in [5, 5.41) is -1.68. The van der Waals surface area contributed by atoms with Gasteiger partial charge in [-0.15, -0.1) is 0 Å². The van der Waals surface area contributed by atoms with Gasteiger partial charge in [0, 0.05) is 22.3 Å². The summed E-state index contributed by atoms with van der Waals surface area (Å²) in [5.74, 6) is -61.6. The van der Waals surface area contributed by atoms with Crippen LogP contribution in [0.1, 0.15) is 16.7 Å². The standard InChI is InChI=1S/C45H17F20P/c1-12-8-4-6-10-15(12)66(16-11-7-5-9-13(16)2)45-14(3)17(21-25(46)33(54)41(62)34(55)26(21)47)18(22-27(48)35(56)42(63)36(57)28(22)49)19(23-29(50)37(58)43(64)38(59)30(23)51)20(45)24-31(52)39(60)44(65)40(61)32(24)53/h4-11H,1-3H3. The first-order chi connectivity index (χ1) is 30.9. The van der Waals surface area contributed by atoms with Crippen LogP contribution < -0.4 is 15.9 Å². The Bertz CT molecular complexity index is 3090. The molecule has 0 radical (unpaired) electrons. The molecule has 0 atom stereocenters. The molecule has 0 aliphatic heterocycles. The van der Waals surface area contributed by atoms with E-state index in [-0.39, 0.29) is 21.7 Å². The minimum absolute atomic E-state index is 0.0500. The van der Waals surface area contributed by atoms with Gasteiger partial charge >= 0.3 is 0 Å². The number of halogens is 20. The van der Waals surface area contributed by atoms with Gasteiger partial charge in [0.2, 0.25) is 23.3 Å². The second kappa shape index (κ2) is 17.1. The van der Waals surface area contributed by atoms with Gasteiger partial charge in [-0.2, -0.15) is 0 Å². The Morgan fingerprint density at radius 2 is 0.455 bits per heavy atom. The summed E-state index contributed by atoms with van der Waals surface area (Å²) in [6.07, 6.45) is 0. The molecule has 7 aromatic carbocycles. The fourth-order valence-corrected chi connectivity index (χ4v) is 10.5. The average molecular weight is 969 g/mol. The fourth-order valence-electron chi connectivity index (χ4n) is 7.49. The van der Waals surface area contributed by atoms with E-state index in [1.165, 1.54) is 50.2 Å². The summed E-state index contributed by atoms with van der Waals surface area (Å²) in [5.41, 5.74) is -21.1. The van der Waals surface area contributed by atoms with Crippen molar-refractivity contribution in [1.82, 2.24) is 0 Å². The van der Waals surface area contributed by atoms with Gasteiger partial charge in [0.25, 0.3) is 0 Å². The molecule has 0 heterocycles. The van der Waals surface area contributed by atoms with Crippen molar-refractivity contribution in [2.24, 2.45) is 0 Å². The number of hydrogen-bond acceptors (Lipinski definition) is 0. The summed E-state index contributed by atoms with van der Waals surface area (Å²) < 4.78 is 314. The van der Waals surface area contributed by atoms with E-state index in [1.807, 2.05) is 0 Å². The molecule has 0 bridgehead atoms. The van der Waals surface area contributed by atoms with Gasteiger partial charge in [0.05, 0.1) is 22.3 Å². The Hall–Kier alpha value is -6.43. The van der Waals surface area contributed by atoms with E-state index in [4.69, 9.17) is 0 Å². The normalized spacial score (nSPS) is 11.7. The molecule has 0 saturated carbocycles. The van der Waals surface area contributed by atoms with Crippen molar-refractivity contribution in [3.63, 3.8) is 0 Å². The van der Waals surface area contributed by atoms with Crippen LogP contribution in [0.15, 0.2) is 48.5 Å². The summed E-state index contributed by atoms with van der Waals surface area (Å²) in [4.78, 5) is 0. The lowest BCUT2D eigenvalue weighted by Gasteiger charge is -2.33. The van der Waals surface area contributed by atoms with Crippen molar-refractivity contribution < 1.29 is 87.8 Å². The molecule has 0 fully saturated rings. The van der Waals surface area contributed by atoms with Crippen LogP contribution in [0.5, 0.6) is 0 Å². The highest BCUT2D eigenvalue weighted by Crippen LogP contribution is 2.56. The zero-order chi connectivity index (χ0) is 48.9. The number of benzene rings is 7. The third-order valence-corrected chi connectivity index (χ3v) is 13.5. The second-order valence-electron chi connectivity index (χ2n) is 14.2. The molecule has 342 valence electrons. The maximum atomic E-state index is 16.6. The van der Waals surface area contributed by atoms with Gasteiger partial charge in [0.1, 0.15) is 0 Å². The quantitative estimate of drug-likeness (QED) is 0.0646. The lowest BCUT2D eigenvalue weighted by Crippen LogP contribution is -2.29. The fraction of sp³-hybridized carbons (Fsp3) is 0.0667. The SMILES string of the molecule is Cc1ccccc1P(c1ccccc1C)c1c(C)c(-c2c(F)c(F)c(F)c(F)c2F)c(-c2c(F)c(F)c(F)c(F)c2F)c(-c2c(F)c(F)c(F)c(F)c2F)c1-c1c(F)c(F)c(F)c(F)c1F. The molecule has 0 aliphatic rings. The van der Waals surface area contributed by atoms with Gasteiger partial charge in [-0.3, -0.25) is 0 Å². The summed E-state index contributed by atoms with van der Waals surface area (Å²) in [7, 11) is -3.19. The Balaban J connectivity index is 2.05. The van der Waals surface area contributed by atoms with Crippen molar-refractivity contribution in [2.45, 2.75) is 20.8 Å². The van der Waals surface area contributed by atoms with Crippen LogP contribution in [0.25, 0.3) is 44.5 Å². The number of hydrogen-bond donors (Lipinski definition) is 0. The summed E-state index contributed by atoms with van der Waals surface area (Å²) >= 11 is 0. The average Bonchev–Trinajstić information content (AvgIpc) is 3.29. The van der Waals surface area contributed by atoms with Crippen molar-refractivity contribution in [3.8, 4) is 44.5 Å². The topological polar surface area (TPSA) is 0 Å². The lowest BCUT2D eigenvalue weighted by atomic mass is 9.79. The first-order valence-electron chi connectivity index (χ1n) is 18.1. The van der Waals surface area contributed by atoms with Crippen LogP contribution >= 0.6 is 7.92 Å². The molecular weight excluding hydrogens is 951 g/mol. The Labute approximate surface area is 358 Å². The predicted molar refractivity (Wildman–Crippen MR) is 200 cm³/mol. The molecule has 0 saturated heterocycles. The number of aryl methyl sites for hydroxylation is 2. The summed E-state index contributed by atoms with van der Waals surface area (Å²) in [6.45, 7) is 3.02. The molecule has 0 spiro atoms. The Kier molecular flexibility index (Phi) is 12.3. The maximum absolute atomic E-state index is 16.6. The smallest absolute Gasteiger partial charge is 0.200 e. The highest BCUT2D eigenvalue weighted by atomic mass is 31.1. The monoisotopic (exact) mass is 968 g/mol. The van der Waals surface area contributed by atoms with Crippen LogP contribution in [0.3, 0.4) is 0 Å². The molecule has 0 aromatic heterocycles. The van der Waals surface area contributed by atoms with Gasteiger partial charge in [-0.1, -0.05) is 48.5 Å². The third kappa shape index (κ3) is 6.89. The first kappa shape index (κ1) is 47.5. The third-order valence-electron chi connectivity index (χ3n) is 10.5. The highest BCUT2D eigenvalue weighted by Gasteiger charge is 2.43. The highest BCUT2D eigenvalue weighted by molar-refractivity contribution is 7.80.